The van der Waals surface area contributed by atoms with Gasteiger partial charge in [-0.3, -0.25) is 9.59 Å². The van der Waals surface area contributed by atoms with E-state index in [1.807, 2.05) is 27.7 Å². The maximum Gasteiger partial charge on any atom is 0.328 e. The standard InChI is InChI=1S/C19H34N2O4/c1-13(2)15-12-25-19(24)18(14(3)4)21-17(23)11-9-7-5-6-8-10-16(22)20-15/h13-15,18H,5-12H2,1-4H3,(H,20,22)(H,21,23)/t15-,18+/m1/s1. The number of cyclic esters (lactones) is 1. The van der Waals surface area contributed by atoms with Crippen LogP contribution in [0.2, 0.25) is 0 Å². The summed E-state index contributed by atoms with van der Waals surface area (Å²) in [7, 11) is 0. The molecule has 6 heteroatoms. The fourth-order valence-electron chi connectivity index (χ4n) is 2.79. The van der Waals surface area contributed by atoms with E-state index in [-0.39, 0.29) is 36.3 Å². The number of hydrogen-bond acceptors (Lipinski definition) is 4. The number of nitrogens with one attached hydrogen (secondary N) is 2. The summed E-state index contributed by atoms with van der Waals surface area (Å²) in [5, 5.41) is 5.77. The number of amides is 2. The summed E-state index contributed by atoms with van der Waals surface area (Å²) in [6, 6.07) is -0.864. The van der Waals surface area contributed by atoms with E-state index in [1.54, 1.807) is 0 Å². The molecular formula is C19H34N2O4. The summed E-state index contributed by atoms with van der Waals surface area (Å²) < 4.78 is 5.42. The summed E-state index contributed by atoms with van der Waals surface area (Å²) >= 11 is 0. The smallest absolute Gasteiger partial charge is 0.328 e. The van der Waals surface area contributed by atoms with Crippen LogP contribution in [0.5, 0.6) is 0 Å². The molecule has 0 aromatic rings. The molecule has 0 aromatic heterocycles. The Morgan fingerprint density at radius 2 is 1.32 bits per heavy atom. The second kappa shape index (κ2) is 11.1. The maximum atomic E-state index is 12.4. The molecule has 2 amide bonds. The van der Waals surface area contributed by atoms with Crippen molar-refractivity contribution < 1.29 is 19.1 Å². The van der Waals surface area contributed by atoms with E-state index in [4.69, 9.17) is 4.74 Å². The molecule has 0 aromatic carbocycles. The lowest BCUT2D eigenvalue weighted by Gasteiger charge is -2.25. The van der Waals surface area contributed by atoms with Crippen LogP contribution in [0.3, 0.4) is 0 Å². The largest absolute Gasteiger partial charge is 0.462 e. The number of ether oxygens (including phenoxy) is 1. The van der Waals surface area contributed by atoms with E-state index < -0.39 is 12.0 Å². The minimum atomic E-state index is -0.649. The predicted octanol–water partition coefficient (Wildman–Crippen LogP) is 2.56. The minimum Gasteiger partial charge on any atom is -0.462 e. The van der Waals surface area contributed by atoms with Crippen molar-refractivity contribution in [3.63, 3.8) is 0 Å². The van der Waals surface area contributed by atoms with Crippen molar-refractivity contribution >= 4 is 17.8 Å². The van der Waals surface area contributed by atoms with Crippen molar-refractivity contribution in [1.29, 1.82) is 0 Å². The van der Waals surface area contributed by atoms with E-state index in [0.29, 0.717) is 12.8 Å². The first-order valence-electron chi connectivity index (χ1n) is 9.56. The average Bonchev–Trinajstić information content (AvgIpc) is 2.53. The Balaban J connectivity index is 2.78. The van der Waals surface area contributed by atoms with Crippen LogP contribution in [-0.2, 0) is 19.1 Å². The van der Waals surface area contributed by atoms with E-state index in [2.05, 4.69) is 10.6 Å². The quantitative estimate of drug-likeness (QED) is 0.747. The fraction of sp³-hybridized carbons (Fsp3) is 0.842. The number of rotatable bonds is 2. The van der Waals surface area contributed by atoms with Gasteiger partial charge in [-0.05, 0) is 24.7 Å². The summed E-state index contributed by atoms with van der Waals surface area (Å²) in [5.41, 5.74) is 0. The van der Waals surface area contributed by atoms with Crippen molar-refractivity contribution in [3.8, 4) is 0 Å². The Morgan fingerprint density at radius 1 is 0.800 bits per heavy atom. The van der Waals surface area contributed by atoms with E-state index in [1.165, 1.54) is 0 Å². The molecular weight excluding hydrogens is 320 g/mol. The van der Waals surface area contributed by atoms with Crippen molar-refractivity contribution in [1.82, 2.24) is 10.6 Å². The van der Waals surface area contributed by atoms with Crippen LogP contribution in [0, 0.1) is 11.8 Å². The molecule has 0 radical (unpaired) electrons. The minimum absolute atomic E-state index is 0.00977. The number of hydrogen-bond donors (Lipinski definition) is 2. The third kappa shape index (κ3) is 8.36. The maximum absolute atomic E-state index is 12.4. The molecule has 0 spiro atoms. The zero-order valence-electron chi connectivity index (χ0n) is 16.1. The van der Waals surface area contributed by atoms with Gasteiger partial charge in [0.15, 0.2) is 0 Å². The van der Waals surface area contributed by atoms with Gasteiger partial charge in [-0.15, -0.1) is 0 Å². The molecule has 144 valence electrons. The van der Waals surface area contributed by atoms with Gasteiger partial charge in [-0.25, -0.2) is 4.79 Å². The third-order valence-electron chi connectivity index (χ3n) is 4.60. The van der Waals surface area contributed by atoms with Gasteiger partial charge < -0.3 is 15.4 Å². The van der Waals surface area contributed by atoms with Crippen LogP contribution in [0.25, 0.3) is 0 Å². The highest BCUT2D eigenvalue weighted by Gasteiger charge is 2.27. The Kier molecular flexibility index (Phi) is 9.53. The molecule has 1 fully saturated rings. The molecule has 2 atom stereocenters. The fourth-order valence-corrected chi connectivity index (χ4v) is 2.79. The van der Waals surface area contributed by atoms with E-state index in [0.717, 1.165) is 32.1 Å². The summed E-state index contributed by atoms with van der Waals surface area (Å²) in [6.07, 6.45) is 5.53. The molecule has 1 aliphatic heterocycles. The number of carbonyl (C=O) groups excluding carboxylic acids is 3. The number of esters is 1. The zero-order chi connectivity index (χ0) is 18.8. The monoisotopic (exact) mass is 354 g/mol. The highest BCUT2D eigenvalue weighted by Crippen LogP contribution is 2.11. The van der Waals surface area contributed by atoms with Crippen LogP contribution in [-0.4, -0.2) is 36.5 Å². The molecule has 0 bridgehead atoms. The van der Waals surface area contributed by atoms with Gasteiger partial charge in [0.1, 0.15) is 12.6 Å². The third-order valence-corrected chi connectivity index (χ3v) is 4.60. The Labute approximate surface area is 151 Å². The molecule has 6 nitrogen and oxygen atoms in total. The van der Waals surface area contributed by atoms with Crippen LogP contribution in [0.1, 0.15) is 72.6 Å². The summed E-state index contributed by atoms with van der Waals surface area (Å²) in [4.78, 5) is 36.5. The second-order valence-corrected chi connectivity index (χ2v) is 7.61. The molecule has 0 unspecified atom stereocenters. The predicted molar refractivity (Wildman–Crippen MR) is 96.8 cm³/mol. The van der Waals surface area contributed by atoms with Gasteiger partial charge in [0.25, 0.3) is 0 Å². The first kappa shape index (κ1) is 21.5. The van der Waals surface area contributed by atoms with Crippen LogP contribution in [0.15, 0.2) is 0 Å². The lowest BCUT2D eigenvalue weighted by atomic mass is 10.0. The van der Waals surface area contributed by atoms with Gasteiger partial charge in [-0.2, -0.15) is 0 Å². The Bertz CT molecular complexity index is 449. The lowest BCUT2D eigenvalue weighted by Crippen LogP contribution is -2.48. The normalized spacial score (nSPS) is 25.4. The molecule has 0 aliphatic carbocycles. The van der Waals surface area contributed by atoms with Gasteiger partial charge in [0.2, 0.25) is 11.8 Å². The average molecular weight is 354 g/mol. The molecule has 25 heavy (non-hydrogen) atoms. The summed E-state index contributed by atoms with van der Waals surface area (Å²) in [6.45, 7) is 7.86. The van der Waals surface area contributed by atoms with Crippen molar-refractivity contribution in [3.05, 3.63) is 0 Å². The van der Waals surface area contributed by atoms with Gasteiger partial charge in [0, 0.05) is 12.8 Å². The van der Waals surface area contributed by atoms with E-state index >= 15 is 0 Å². The lowest BCUT2D eigenvalue weighted by molar-refractivity contribution is -0.150. The highest BCUT2D eigenvalue weighted by atomic mass is 16.5. The second-order valence-electron chi connectivity index (χ2n) is 7.61. The van der Waals surface area contributed by atoms with Crippen molar-refractivity contribution in [2.24, 2.45) is 11.8 Å². The first-order valence-corrected chi connectivity index (χ1v) is 9.56. The van der Waals surface area contributed by atoms with Crippen molar-refractivity contribution in [2.45, 2.75) is 84.7 Å². The first-order chi connectivity index (χ1) is 11.8. The molecule has 1 aliphatic rings. The van der Waals surface area contributed by atoms with Gasteiger partial charge in [0.05, 0.1) is 6.04 Å². The van der Waals surface area contributed by atoms with E-state index in [9.17, 15) is 14.4 Å². The molecule has 1 rings (SSSR count). The van der Waals surface area contributed by atoms with Crippen molar-refractivity contribution in [2.75, 3.05) is 6.61 Å². The van der Waals surface area contributed by atoms with Crippen LogP contribution < -0.4 is 10.6 Å². The summed E-state index contributed by atoms with van der Waals surface area (Å²) in [5.74, 6) is -0.424. The van der Waals surface area contributed by atoms with Gasteiger partial charge in [-0.1, -0.05) is 47.0 Å². The molecule has 1 saturated heterocycles. The topological polar surface area (TPSA) is 84.5 Å². The van der Waals surface area contributed by atoms with Crippen LogP contribution in [0.4, 0.5) is 0 Å². The van der Waals surface area contributed by atoms with Gasteiger partial charge >= 0.3 is 5.97 Å². The Morgan fingerprint density at radius 3 is 1.84 bits per heavy atom. The highest BCUT2D eigenvalue weighted by molar-refractivity contribution is 5.84. The van der Waals surface area contributed by atoms with Crippen LogP contribution >= 0.6 is 0 Å². The molecule has 2 N–H and O–H groups in total. The Hall–Kier alpha value is -1.59. The SMILES string of the molecule is CC(C)[C@@H]1NC(=O)CCCCCCCC(=O)N[C@@H](C(C)C)COC1=O. The molecule has 1 heterocycles. The molecule has 0 saturated carbocycles. The number of carbonyl (C=O) groups is 3. The zero-order valence-corrected chi connectivity index (χ0v) is 16.1.